The highest BCUT2D eigenvalue weighted by Crippen LogP contribution is 2.19. The zero-order chi connectivity index (χ0) is 13.9. The normalized spacial score (nSPS) is 21.0. The standard InChI is InChI=1S/C11H16N4O3S/c1-12-10-7-13-6-9(15-10)11(16)14-5-8-3-2-4-19(8,17)18/h6-8H,2-5H2,1H3,(H,12,15)(H,14,16). The van der Waals surface area contributed by atoms with Crippen LogP contribution in [0.3, 0.4) is 0 Å². The van der Waals surface area contributed by atoms with Crippen molar-refractivity contribution < 1.29 is 13.2 Å². The van der Waals surface area contributed by atoms with Gasteiger partial charge >= 0.3 is 0 Å². The Balaban J connectivity index is 1.98. The summed E-state index contributed by atoms with van der Waals surface area (Å²) in [5.74, 6) is 0.288. The van der Waals surface area contributed by atoms with E-state index in [1.807, 2.05) is 0 Å². The predicted octanol–water partition coefficient (Wildman–Crippen LogP) is -0.175. The van der Waals surface area contributed by atoms with Crippen LogP contribution < -0.4 is 10.6 Å². The lowest BCUT2D eigenvalue weighted by Crippen LogP contribution is -2.35. The van der Waals surface area contributed by atoms with E-state index in [9.17, 15) is 13.2 Å². The van der Waals surface area contributed by atoms with E-state index in [1.54, 1.807) is 7.05 Å². The van der Waals surface area contributed by atoms with Crippen LogP contribution in [0.2, 0.25) is 0 Å². The van der Waals surface area contributed by atoms with Crippen molar-refractivity contribution in [3.05, 3.63) is 18.1 Å². The SMILES string of the molecule is CNc1cncc(C(=O)NCC2CCCS2(=O)=O)n1. The number of hydrogen-bond acceptors (Lipinski definition) is 6. The molecule has 1 aromatic heterocycles. The molecule has 8 heteroatoms. The average Bonchev–Trinajstić information content (AvgIpc) is 2.75. The Morgan fingerprint density at radius 3 is 2.89 bits per heavy atom. The van der Waals surface area contributed by atoms with Crippen LogP contribution >= 0.6 is 0 Å². The molecule has 1 aliphatic rings. The minimum absolute atomic E-state index is 0.132. The van der Waals surface area contributed by atoms with Gasteiger partial charge in [0.25, 0.3) is 5.91 Å². The van der Waals surface area contributed by atoms with Gasteiger partial charge in [-0.3, -0.25) is 9.78 Å². The van der Waals surface area contributed by atoms with Gasteiger partial charge in [0, 0.05) is 13.6 Å². The van der Waals surface area contributed by atoms with Crippen LogP contribution in [0.25, 0.3) is 0 Å². The van der Waals surface area contributed by atoms with Crippen molar-refractivity contribution in [2.75, 3.05) is 24.7 Å². The molecule has 0 saturated carbocycles. The van der Waals surface area contributed by atoms with Crippen molar-refractivity contribution in [3.8, 4) is 0 Å². The number of rotatable bonds is 4. The third kappa shape index (κ3) is 3.19. The molecule has 104 valence electrons. The summed E-state index contributed by atoms with van der Waals surface area (Å²) in [5.41, 5.74) is 0.169. The summed E-state index contributed by atoms with van der Waals surface area (Å²) in [7, 11) is -1.36. The predicted molar refractivity (Wildman–Crippen MR) is 70.7 cm³/mol. The highest BCUT2D eigenvalue weighted by molar-refractivity contribution is 7.92. The van der Waals surface area contributed by atoms with E-state index in [0.29, 0.717) is 18.7 Å². The first kappa shape index (κ1) is 13.7. The molecule has 19 heavy (non-hydrogen) atoms. The quantitative estimate of drug-likeness (QED) is 0.795. The molecule has 0 bridgehead atoms. The molecule has 1 atom stereocenters. The number of aromatic nitrogens is 2. The fourth-order valence-corrected chi connectivity index (χ4v) is 3.75. The van der Waals surface area contributed by atoms with Gasteiger partial charge in [0.2, 0.25) is 0 Å². The van der Waals surface area contributed by atoms with E-state index >= 15 is 0 Å². The largest absolute Gasteiger partial charge is 0.372 e. The zero-order valence-corrected chi connectivity index (χ0v) is 11.4. The number of hydrogen-bond donors (Lipinski definition) is 2. The Hall–Kier alpha value is -1.70. The average molecular weight is 284 g/mol. The molecule has 2 N–H and O–H groups in total. The number of amides is 1. The number of nitrogens with zero attached hydrogens (tertiary/aromatic N) is 2. The number of anilines is 1. The maximum atomic E-state index is 11.8. The number of sulfone groups is 1. The lowest BCUT2D eigenvalue weighted by Gasteiger charge is -2.10. The van der Waals surface area contributed by atoms with Crippen LogP contribution in [-0.4, -0.2) is 48.9 Å². The topological polar surface area (TPSA) is 101 Å². The van der Waals surface area contributed by atoms with Crippen LogP contribution in [0.1, 0.15) is 23.3 Å². The van der Waals surface area contributed by atoms with E-state index in [4.69, 9.17) is 0 Å². The van der Waals surface area contributed by atoms with Gasteiger partial charge in [0.1, 0.15) is 11.5 Å². The maximum Gasteiger partial charge on any atom is 0.271 e. The molecule has 1 fully saturated rings. The molecule has 1 unspecified atom stereocenters. The third-order valence-corrected chi connectivity index (χ3v) is 5.35. The maximum absolute atomic E-state index is 11.8. The van der Waals surface area contributed by atoms with Gasteiger partial charge in [-0.25, -0.2) is 13.4 Å². The fraction of sp³-hybridized carbons (Fsp3) is 0.545. The molecule has 1 aliphatic heterocycles. The summed E-state index contributed by atoms with van der Waals surface area (Å²) in [4.78, 5) is 19.8. The lowest BCUT2D eigenvalue weighted by molar-refractivity contribution is 0.0948. The molecule has 0 radical (unpaired) electrons. The Kier molecular flexibility index (Phi) is 3.98. The van der Waals surface area contributed by atoms with E-state index < -0.39 is 21.0 Å². The van der Waals surface area contributed by atoms with E-state index in [0.717, 1.165) is 0 Å². The van der Waals surface area contributed by atoms with Gasteiger partial charge in [0.15, 0.2) is 9.84 Å². The van der Waals surface area contributed by atoms with Crippen molar-refractivity contribution in [2.24, 2.45) is 0 Å². The number of carbonyl (C=O) groups is 1. The fourth-order valence-electron chi connectivity index (χ4n) is 1.98. The molecule has 1 saturated heterocycles. The molecule has 1 aromatic rings. The molecular formula is C11H16N4O3S. The summed E-state index contributed by atoms with van der Waals surface area (Å²) in [5, 5.41) is 4.91. The molecule has 0 spiro atoms. The Bertz CT molecular complexity index is 573. The van der Waals surface area contributed by atoms with Gasteiger partial charge in [-0.15, -0.1) is 0 Å². The second kappa shape index (κ2) is 5.52. The van der Waals surface area contributed by atoms with Crippen molar-refractivity contribution >= 4 is 21.6 Å². The number of nitrogens with one attached hydrogen (secondary N) is 2. The summed E-state index contributed by atoms with van der Waals surface area (Å²) < 4.78 is 23.2. The molecule has 2 rings (SSSR count). The first-order chi connectivity index (χ1) is 9.03. The van der Waals surface area contributed by atoms with Gasteiger partial charge in [-0.1, -0.05) is 0 Å². The smallest absolute Gasteiger partial charge is 0.271 e. The Labute approximate surface area is 111 Å². The van der Waals surface area contributed by atoms with Crippen LogP contribution in [0, 0.1) is 0 Å². The van der Waals surface area contributed by atoms with Crippen LogP contribution in [-0.2, 0) is 9.84 Å². The molecule has 7 nitrogen and oxygen atoms in total. The van der Waals surface area contributed by atoms with Crippen LogP contribution in [0.4, 0.5) is 5.82 Å². The minimum atomic E-state index is -3.04. The summed E-state index contributed by atoms with van der Waals surface area (Å²) >= 11 is 0. The second-order valence-electron chi connectivity index (χ2n) is 4.38. The monoisotopic (exact) mass is 284 g/mol. The molecule has 2 heterocycles. The second-order valence-corrected chi connectivity index (χ2v) is 6.78. The Morgan fingerprint density at radius 2 is 2.26 bits per heavy atom. The minimum Gasteiger partial charge on any atom is -0.372 e. The van der Waals surface area contributed by atoms with Crippen molar-refractivity contribution in [1.29, 1.82) is 0 Å². The molecular weight excluding hydrogens is 268 g/mol. The Morgan fingerprint density at radius 1 is 1.47 bits per heavy atom. The number of carbonyl (C=O) groups excluding carboxylic acids is 1. The summed E-state index contributed by atoms with van der Waals surface area (Å²) in [6, 6.07) is 0. The van der Waals surface area contributed by atoms with Crippen molar-refractivity contribution in [1.82, 2.24) is 15.3 Å². The third-order valence-electron chi connectivity index (χ3n) is 3.08. The van der Waals surface area contributed by atoms with E-state index in [1.165, 1.54) is 12.4 Å². The van der Waals surface area contributed by atoms with Gasteiger partial charge in [0.05, 0.1) is 23.4 Å². The molecule has 0 aliphatic carbocycles. The van der Waals surface area contributed by atoms with Gasteiger partial charge in [-0.2, -0.15) is 0 Å². The van der Waals surface area contributed by atoms with Gasteiger partial charge < -0.3 is 10.6 Å². The lowest BCUT2D eigenvalue weighted by atomic mass is 10.2. The van der Waals surface area contributed by atoms with Crippen LogP contribution in [0.5, 0.6) is 0 Å². The van der Waals surface area contributed by atoms with E-state index in [2.05, 4.69) is 20.6 Å². The van der Waals surface area contributed by atoms with Crippen molar-refractivity contribution in [3.63, 3.8) is 0 Å². The summed E-state index contributed by atoms with van der Waals surface area (Å²) in [6.07, 6.45) is 4.11. The van der Waals surface area contributed by atoms with Crippen molar-refractivity contribution in [2.45, 2.75) is 18.1 Å². The molecule has 1 amide bonds. The first-order valence-corrected chi connectivity index (χ1v) is 7.74. The van der Waals surface area contributed by atoms with E-state index in [-0.39, 0.29) is 18.0 Å². The van der Waals surface area contributed by atoms with Gasteiger partial charge in [-0.05, 0) is 12.8 Å². The highest BCUT2D eigenvalue weighted by atomic mass is 32.2. The van der Waals surface area contributed by atoms with Crippen LogP contribution in [0.15, 0.2) is 12.4 Å². The first-order valence-electron chi connectivity index (χ1n) is 6.02. The summed E-state index contributed by atoms with van der Waals surface area (Å²) in [6.45, 7) is 0.132. The molecule has 0 aromatic carbocycles. The highest BCUT2D eigenvalue weighted by Gasteiger charge is 2.31. The zero-order valence-electron chi connectivity index (χ0n) is 10.6.